The highest BCUT2D eigenvalue weighted by molar-refractivity contribution is 5.89. The predicted octanol–water partition coefficient (Wildman–Crippen LogP) is 1.49. The lowest BCUT2D eigenvalue weighted by atomic mass is 10.1. The molecular weight excluding hydrogens is 274 g/mol. The smallest absolute Gasteiger partial charge is 0.329 e. The van der Waals surface area contributed by atoms with E-state index in [1.165, 1.54) is 0 Å². The van der Waals surface area contributed by atoms with Crippen LogP contribution in [-0.4, -0.2) is 52.8 Å². The summed E-state index contributed by atoms with van der Waals surface area (Å²) in [6, 6.07) is 3.47. The summed E-state index contributed by atoms with van der Waals surface area (Å²) in [7, 11) is 0. The third kappa shape index (κ3) is 4.71. The van der Waals surface area contributed by atoms with E-state index in [0.717, 1.165) is 5.69 Å². The van der Waals surface area contributed by atoms with Gasteiger partial charge in [0, 0.05) is 18.8 Å². The summed E-state index contributed by atoms with van der Waals surface area (Å²) < 4.78 is 5.24. The van der Waals surface area contributed by atoms with Crippen molar-refractivity contribution in [3.8, 4) is 0 Å². The largest absolute Gasteiger partial charge is 0.480 e. The molecule has 0 bridgehead atoms. The minimum atomic E-state index is -0.970. The first-order valence-corrected chi connectivity index (χ1v) is 6.86. The second kappa shape index (κ2) is 7.03. The summed E-state index contributed by atoms with van der Waals surface area (Å²) in [6.07, 6.45) is 2.82. The summed E-state index contributed by atoms with van der Waals surface area (Å²) >= 11 is 0. The molecule has 21 heavy (non-hydrogen) atoms. The van der Waals surface area contributed by atoms with Gasteiger partial charge in [0.2, 0.25) is 0 Å². The lowest BCUT2D eigenvalue weighted by Gasteiger charge is -2.31. The Morgan fingerprint density at radius 2 is 2.14 bits per heavy atom. The molecule has 0 aromatic carbocycles. The van der Waals surface area contributed by atoms with Crippen LogP contribution in [0.3, 0.4) is 0 Å². The van der Waals surface area contributed by atoms with E-state index >= 15 is 0 Å². The number of likely N-dealkylation sites (tertiary alicyclic amines) is 1. The molecule has 7 nitrogen and oxygen atoms in total. The highest BCUT2D eigenvalue weighted by atomic mass is 16.5. The molecule has 1 fully saturated rings. The Kier molecular flexibility index (Phi) is 5.10. The number of aliphatic carboxylic acids is 1. The van der Waals surface area contributed by atoms with Gasteiger partial charge in [-0.15, -0.1) is 0 Å². The van der Waals surface area contributed by atoms with E-state index in [0.29, 0.717) is 31.6 Å². The lowest BCUT2D eigenvalue weighted by Crippen LogP contribution is -2.43. The zero-order valence-electron chi connectivity index (χ0n) is 11.9. The number of aromatic nitrogens is 1. The number of hydrogen-bond acceptors (Lipinski definition) is 4. The van der Waals surface area contributed by atoms with Crippen molar-refractivity contribution in [2.24, 2.45) is 0 Å². The normalized spacial score (nSPS) is 15.8. The van der Waals surface area contributed by atoms with E-state index in [1.807, 2.05) is 19.1 Å². The number of ether oxygens (including phenoxy) is 1. The molecule has 1 aliphatic heterocycles. The number of amides is 2. The van der Waals surface area contributed by atoms with Crippen LogP contribution in [0.5, 0.6) is 0 Å². The average molecular weight is 293 g/mol. The number of hydrogen-bond donors (Lipinski definition) is 2. The number of nitrogens with one attached hydrogen (secondary N) is 1. The number of aryl methyl sites for hydroxylation is 1. The van der Waals surface area contributed by atoms with E-state index < -0.39 is 5.97 Å². The zero-order chi connectivity index (χ0) is 15.2. The second-order valence-electron chi connectivity index (χ2n) is 5.01. The van der Waals surface area contributed by atoms with Crippen molar-refractivity contribution in [1.29, 1.82) is 0 Å². The molecule has 2 amide bonds. The standard InChI is InChI=1S/C14H19N3O4/c1-10-2-3-11(8-15-10)16-14(20)17-6-4-12(5-7-17)21-9-13(18)19/h2-3,8,12H,4-7,9H2,1H3,(H,16,20)(H,18,19). The predicted molar refractivity (Wildman–Crippen MR) is 76.2 cm³/mol. The quantitative estimate of drug-likeness (QED) is 0.877. The van der Waals surface area contributed by atoms with E-state index in [1.54, 1.807) is 11.1 Å². The van der Waals surface area contributed by atoms with E-state index in [9.17, 15) is 9.59 Å². The van der Waals surface area contributed by atoms with Crippen LogP contribution in [0, 0.1) is 6.92 Å². The molecule has 1 aromatic rings. The molecule has 2 rings (SSSR count). The topological polar surface area (TPSA) is 91.8 Å². The number of carbonyl (C=O) groups is 2. The number of rotatable bonds is 4. The molecule has 1 saturated heterocycles. The second-order valence-corrected chi connectivity index (χ2v) is 5.01. The number of carboxylic acid groups (broad SMARTS) is 1. The number of carbonyl (C=O) groups excluding carboxylic acids is 1. The Hall–Kier alpha value is -2.15. The third-order valence-electron chi connectivity index (χ3n) is 3.33. The number of urea groups is 1. The van der Waals surface area contributed by atoms with Crippen molar-refractivity contribution in [3.63, 3.8) is 0 Å². The summed E-state index contributed by atoms with van der Waals surface area (Å²) in [5.74, 6) is -0.970. The molecule has 1 aromatic heterocycles. The number of nitrogens with zero attached hydrogens (tertiary/aromatic N) is 2. The number of carboxylic acids is 1. The van der Waals surface area contributed by atoms with Crippen LogP contribution >= 0.6 is 0 Å². The summed E-state index contributed by atoms with van der Waals surface area (Å²) in [5.41, 5.74) is 1.55. The third-order valence-corrected chi connectivity index (χ3v) is 3.33. The van der Waals surface area contributed by atoms with Crippen LogP contribution in [-0.2, 0) is 9.53 Å². The van der Waals surface area contributed by atoms with Crippen LogP contribution in [0.1, 0.15) is 18.5 Å². The molecule has 0 radical (unpaired) electrons. The Bertz CT molecular complexity index is 495. The van der Waals surface area contributed by atoms with Gasteiger partial charge in [0.15, 0.2) is 0 Å². The van der Waals surface area contributed by atoms with Crippen molar-refractivity contribution in [1.82, 2.24) is 9.88 Å². The fourth-order valence-electron chi connectivity index (χ4n) is 2.16. The van der Waals surface area contributed by atoms with E-state index in [4.69, 9.17) is 9.84 Å². The van der Waals surface area contributed by atoms with Gasteiger partial charge in [0.25, 0.3) is 0 Å². The highest BCUT2D eigenvalue weighted by Crippen LogP contribution is 2.15. The maximum Gasteiger partial charge on any atom is 0.329 e. The Labute approximate surface area is 122 Å². The molecule has 0 saturated carbocycles. The van der Waals surface area contributed by atoms with Crippen LogP contribution in [0.25, 0.3) is 0 Å². The Morgan fingerprint density at radius 3 is 2.71 bits per heavy atom. The van der Waals surface area contributed by atoms with Crippen molar-refractivity contribution < 1.29 is 19.4 Å². The number of pyridine rings is 1. The van der Waals surface area contributed by atoms with E-state index in [2.05, 4.69) is 10.3 Å². The maximum atomic E-state index is 12.1. The molecule has 0 aliphatic carbocycles. The monoisotopic (exact) mass is 293 g/mol. The van der Waals surface area contributed by atoms with Gasteiger partial charge in [-0.3, -0.25) is 4.98 Å². The Morgan fingerprint density at radius 1 is 1.43 bits per heavy atom. The van der Waals surface area contributed by atoms with Crippen molar-refractivity contribution in [3.05, 3.63) is 24.0 Å². The molecule has 1 aliphatic rings. The average Bonchev–Trinajstić information content (AvgIpc) is 2.48. The fraction of sp³-hybridized carbons (Fsp3) is 0.500. The van der Waals surface area contributed by atoms with Gasteiger partial charge >= 0.3 is 12.0 Å². The molecule has 0 atom stereocenters. The molecule has 114 valence electrons. The first kappa shape index (κ1) is 15.2. The van der Waals surface area contributed by atoms with Crippen LogP contribution in [0.4, 0.5) is 10.5 Å². The van der Waals surface area contributed by atoms with Crippen molar-refractivity contribution in [2.75, 3.05) is 25.0 Å². The van der Waals surface area contributed by atoms with Gasteiger partial charge < -0.3 is 20.1 Å². The molecule has 2 heterocycles. The minimum absolute atomic E-state index is 0.0915. The van der Waals surface area contributed by atoms with Gasteiger partial charge in [-0.1, -0.05) is 0 Å². The van der Waals surface area contributed by atoms with Crippen LogP contribution in [0.15, 0.2) is 18.3 Å². The number of anilines is 1. The highest BCUT2D eigenvalue weighted by Gasteiger charge is 2.23. The van der Waals surface area contributed by atoms with E-state index in [-0.39, 0.29) is 18.7 Å². The van der Waals surface area contributed by atoms with Gasteiger partial charge in [0.05, 0.1) is 18.0 Å². The summed E-state index contributed by atoms with van der Waals surface area (Å²) in [4.78, 5) is 28.3. The lowest BCUT2D eigenvalue weighted by molar-refractivity contribution is -0.145. The molecule has 7 heteroatoms. The van der Waals surface area contributed by atoms with Crippen LogP contribution in [0.2, 0.25) is 0 Å². The first-order valence-electron chi connectivity index (χ1n) is 6.86. The van der Waals surface area contributed by atoms with Crippen molar-refractivity contribution in [2.45, 2.75) is 25.9 Å². The maximum absolute atomic E-state index is 12.1. The molecule has 0 spiro atoms. The molecule has 0 unspecified atom stereocenters. The van der Waals surface area contributed by atoms with Gasteiger partial charge in [-0.25, -0.2) is 9.59 Å². The molecule has 2 N–H and O–H groups in total. The first-order chi connectivity index (χ1) is 10.0. The summed E-state index contributed by atoms with van der Waals surface area (Å²) in [5, 5.41) is 11.4. The number of piperidine rings is 1. The Balaban J connectivity index is 1.77. The fourth-order valence-corrected chi connectivity index (χ4v) is 2.16. The molecular formula is C14H19N3O4. The van der Waals surface area contributed by atoms with Gasteiger partial charge in [-0.05, 0) is 31.9 Å². The van der Waals surface area contributed by atoms with Gasteiger partial charge in [-0.2, -0.15) is 0 Å². The van der Waals surface area contributed by atoms with Crippen LogP contribution < -0.4 is 5.32 Å². The zero-order valence-corrected chi connectivity index (χ0v) is 11.9. The summed E-state index contributed by atoms with van der Waals surface area (Å²) in [6.45, 7) is 2.70. The SMILES string of the molecule is Cc1ccc(NC(=O)N2CCC(OCC(=O)O)CC2)cn1. The van der Waals surface area contributed by atoms with Gasteiger partial charge in [0.1, 0.15) is 6.61 Å². The van der Waals surface area contributed by atoms with Crippen molar-refractivity contribution >= 4 is 17.7 Å². The minimum Gasteiger partial charge on any atom is -0.480 e.